The van der Waals surface area contributed by atoms with E-state index in [9.17, 15) is 4.79 Å². The highest BCUT2D eigenvalue weighted by molar-refractivity contribution is 5.91. The Balaban J connectivity index is 1.43. The lowest BCUT2D eigenvalue weighted by Crippen LogP contribution is -2.38. The van der Waals surface area contributed by atoms with Crippen molar-refractivity contribution in [3.8, 4) is 11.4 Å². The molecular weight excluding hydrogens is 338 g/mol. The Bertz CT molecular complexity index is 919. The highest BCUT2D eigenvalue weighted by Gasteiger charge is 2.27. The fourth-order valence-electron chi connectivity index (χ4n) is 3.32. The van der Waals surface area contributed by atoms with E-state index < -0.39 is 0 Å². The van der Waals surface area contributed by atoms with E-state index >= 15 is 0 Å². The van der Waals surface area contributed by atoms with Crippen LogP contribution in [-0.2, 0) is 4.79 Å². The molecule has 1 atom stereocenters. The van der Waals surface area contributed by atoms with Crippen molar-refractivity contribution in [3.63, 3.8) is 0 Å². The average Bonchev–Trinajstić information content (AvgIpc) is 3.24. The molecule has 1 aliphatic rings. The van der Waals surface area contributed by atoms with E-state index in [4.69, 9.17) is 4.52 Å². The van der Waals surface area contributed by atoms with E-state index in [0.29, 0.717) is 18.3 Å². The molecule has 136 valence electrons. The number of amides is 1. The zero-order chi connectivity index (χ0) is 18.5. The maximum Gasteiger partial charge on any atom is 0.246 e. The van der Waals surface area contributed by atoms with Crippen molar-refractivity contribution in [2.45, 2.75) is 18.8 Å². The topological polar surface area (TPSA) is 59.2 Å². The standard InChI is InChI=1S/C22H21N3O2/c26-20(14-13-17-8-3-1-4-9-17)25-15-7-12-19(16-25)22-23-21(24-27-22)18-10-5-2-6-11-18/h1-6,8-11,13-14,19H,7,12,15-16H2/b14-13+. The van der Waals surface area contributed by atoms with Crippen LogP contribution in [-0.4, -0.2) is 34.0 Å². The van der Waals surface area contributed by atoms with Crippen LogP contribution in [0.5, 0.6) is 0 Å². The van der Waals surface area contributed by atoms with Gasteiger partial charge in [-0.05, 0) is 24.5 Å². The van der Waals surface area contributed by atoms with Crippen molar-refractivity contribution in [2.24, 2.45) is 0 Å². The van der Waals surface area contributed by atoms with Crippen molar-refractivity contribution >= 4 is 12.0 Å². The number of benzene rings is 2. The summed E-state index contributed by atoms with van der Waals surface area (Å²) in [6.45, 7) is 1.36. The molecule has 1 fully saturated rings. The minimum atomic E-state index is 0.0198. The van der Waals surface area contributed by atoms with Gasteiger partial charge in [0.15, 0.2) is 0 Å². The zero-order valence-corrected chi connectivity index (χ0v) is 15.0. The minimum Gasteiger partial charge on any atom is -0.339 e. The molecule has 2 heterocycles. The van der Waals surface area contributed by atoms with E-state index in [1.54, 1.807) is 6.08 Å². The number of likely N-dealkylation sites (tertiary alicyclic amines) is 1. The van der Waals surface area contributed by atoms with E-state index in [2.05, 4.69) is 10.1 Å². The number of aromatic nitrogens is 2. The lowest BCUT2D eigenvalue weighted by molar-refractivity contribution is -0.127. The molecule has 1 unspecified atom stereocenters. The number of rotatable bonds is 4. The van der Waals surface area contributed by atoms with Crippen LogP contribution in [0.4, 0.5) is 0 Å². The molecule has 0 saturated carbocycles. The lowest BCUT2D eigenvalue weighted by Gasteiger charge is -2.30. The van der Waals surface area contributed by atoms with Crippen molar-refractivity contribution in [1.82, 2.24) is 15.0 Å². The predicted molar refractivity (Wildman–Crippen MR) is 104 cm³/mol. The van der Waals surface area contributed by atoms with Gasteiger partial charge in [0.25, 0.3) is 0 Å². The van der Waals surface area contributed by atoms with E-state index in [1.807, 2.05) is 71.6 Å². The molecule has 5 nitrogen and oxygen atoms in total. The third-order valence-corrected chi connectivity index (χ3v) is 4.77. The van der Waals surface area contributed by atoms with Gasteiger partial charge in [0.2, 0.25) is 17.6 Å². The number of hydrogen-bond donors (Lipinski definition) is 0. The van der Waals surface area contributed by atoms with Gasteiger partial charge in [0.1, 0.15) is 0 Å². The molecule has 5 heteroatoms. The molecule has 27 heavy (non-hydrogen) atoms. The van der Waals surface area contributed by atoms with Crippen molar-refractivity contribution in [1.29, 1.82) is 0 Å². The van der Waals surface area contributed by atoms with Crippen LogP contribution in [0.3, 0.4) is 0 Å². The Morgan fingerprint density at radius 2 is 1.81 bits per heavy atom. The summed E-state index contributed by atoms with van der Waals surface area (Å²) in [5.41, 5.74) is 1.95. The summed E-state index contributed by atoms with van der Waals surface area (Å²) in [5, 5.41) is 4.10. The summed E-state index contributed by atoms with van der Waals surface area (Å²) in [5.74, 6) is 1.31. The summed E-state index contributed by atoms with van der Waals surface area (Å²) in [6, 6.07) is 19.6. The third-order valence-electron chi connectivity index (χ3n) is 4.77. The maximum absolute atomic E-state index is 12.5. The van der Waals surface area contributed by atoms with Crippen molar-refractivity contribution < 1.29 is 9.32 Å². The van der Waals surface area contributed by atoms with Gasteiger partial charge >= 0.3 is 0 Å². The first-order valence-corrected chi connectivity index (χ1v) is 9.20. The Labute approximate surface area is 158 Å². The summed E-state index contributed by atoms with van der Waals surface area (Å²) < 4.78 is 5.50. The Morgan fingerprint density at radius 3 is 2.59 bits per heavy atom. The molecule has 1 amide bonds. The van der Waals surface area contributed by atoms with Gasteiger partial charge < -0.3 is 9.42 Å². The molecule has 0 aliphatic carbocycles. The van der Waals surface area contributed by atoms with Crippen molar-refractivity contribution in [2.75, 3.05) is 13.1 Å². The molecule has 0 spiro atoms. The number of carbonyl (C=O) groups is 1. The molecule has 2 aromatic carbocycles. The third kappa shape index (κ3) is 4.14. The zero-order valence-electron chi connectivity index (χ0n) is 15.0. The fraction of sp³-hybridized carbons (Fsp3) is 0.227. The first kappa shape index (κ1) is 17.2. The maximum atomic E-state index is 12.5. The monoisotopic (exact) mass is 359 g/mol. The van der Waals surface area contributed by atoms with Gasteiger partial charge in [-0.25, -0.2) is 0 Å². The van der Waals surface area contributed by atoms with E-state index in [0.717, 1.165) is 30.5 Å². The number of nitrogens with zero attached hydrogens (tertiary/aromatic N) is 3. The van der Waals surface area contributed by atoms with Crippen LogP contribution < -0.4 is 0 Å². The van der Waals surface area contributed by atoms with Crippen LogP contribution >= 0.6 is 0 Å². The smallest absolute Gasteiger partial charge is 0.246 e. The van der Waals surface area contributed by atoms with Gasteiger partial charge in [-0.3, -0.25) is 4.79 Å². The second-order valence-corrected chi connectivity index (χ2v) is 6.69. The molecule has 1 aromatic heterocycles. The predicted octanol–water partition coefficient (Wildman–Crippen LogP) is 4.16. The molecular formula is C22H21N3O2. The van der Waals surface area contributed by atoms with Crippen LogP contribution in [0.2, 0.25) is 0 Å². The Hall–Kier alpha value is -3.21. The van der Waals surface area contributed by atoms with Crippen molar-refractivity contribution in [3.05, 3.63) is 78.2 Å². The summed E-state index contributed by atoms with van der Waals surface area (Å²) in [6.07, 6.45) is 5.37. The number of hydrogen-bond acceptors (Lipinski definition) is 4. The van der Waals surface area contributed by atoms with Crippen LogP contribution in [0.1, 0.15) is 30.2 Å². The highest BCUT2D eigenvalue weighted by Crippen LogP contribution is 2.27. The molecule has 4 rings (SSSR count). The summed E-state index contributed by atoms with van der Waals surface area (Å²) >= 11 is 0. The molecule has 0 bridgehead atoms. The normalized spacial score (nSPS) is 17.3. The van der Waals surface area contributed by atoms with Gasteiger partial charge in [0, 0.05) is 24.7 Å². The molecule has 0 N–H and O–H groups in total. The summed E-state index contributed by atoms with van der Waals surface area (Å²) in [4.78, 5) is 19.0. The SMILES string of the molecule is O=C(/C=C/c1ccccc1)N1CCCC(c2nc(-c3ccccc3)no2)C1. The highest BCUT2D eigenvalue weighted by atomic mass is 16.5. The van der Waals surface area contributed by atoms with Crippen LogP contribution in [0.15, 0.2) is 71.3 Å². The van der Waals surface area contributed by atoms with Gasteiger partial charge in [-0.15, -0.1) is 0 Å². The lowest BCUT2D eigenvalue weighted by atomic mass is 9.98. The molecule has 0 radical (unpaired) electrons. The molecule has 1 saturated heterocycles. The first-order chi connectivity index (χ1) is 13.3. The average molecular weight is 359 g/mol. The second-order valence-electron chi connectivity index (χ2n) is 6.69. The Kier molecular flexibility index (Phi) is 5.10. The first-order valence-electron chi connectivity index (χ1n) is 9.20. The van der Waals surface area contributed by atoms with Gasteiger partial charge in [0.05, 0.1) is 5.92 Å². The van der Waals surface area contributed by atoms with E-state index in [-0.39, 0.29) is 11.8 Å². The quantitative estimate of drug-likeness (QED) is 0.657. The summed E-state index contributed by atoms with van der Waals surface area (Å²) in [7, 11) is 0. The van der Waals surface area contributed by atoms with Gasteiger partial charge in [-0.2, -0.15) is 4.98 Å². The van der Waals surface area contributed by atoms with Gasteiger partial charge in [-0.1, -0.05) is 65.8 Å². The molecule has 3 aromatic rings. The fourth-order valence-corrected chi connectivity index (χ4v) is 3.32. The molecule has 1 aliphatic heterocycles. The number of carbonyl (C=O) groups excluding carboxylic acids is 1. The van der Waals surface area contributed by atoms with Crippen LogP contribution in [0.25, 0.3) is 17.5 Å². The van der Waals surface area contributed by atoms with E-state index in [1.165, 1.54) is 0 Å². The second kappa shape index (κ2) is 7.99. The largest absolute Gasteiger partial charge is 0.339 e. The minimum absolute atomic E-state index is 0.0198. The Morgan fingerprint density at radius 1 is 1.07 bits per heavy atom. The number of piperidine rings is 1. The van der Waals surface area contributed by atoms with Crippen LogP contribution in [0, 0.1) is 0 Å².